The van der Waals surface area contributed by atoms with Gasteiger partial charge in [0.2, 0.25) is 0 Å². The Hall–Kier alpha value is -2.73. The Labute approximate surface area is 124 Å². The van der Waals surface area contributed by atoms with E-state index in [0.29, 0.717) is 5.69 Å². The number of hydrogen-bond donors (Lipinski definition) is 2. The van der Waals surface area contributed by atoms with Gasteiger partial charge >= 0.3 is 0 Å². The molecule has 1 amide bonds. The summed E-state index contributed by atoms with van der Waals surface area (Å²) in [5.41, 5.74) is 7.54. The van der Waals surface area contributed by atoms with Gasteiger partial charge in [-0.05, 0) is 30.3 Å². The molecule has 0 fully saturated rings. The molecular formula is C15H11N3O2S. The van der Waals surface area contributed by atoms with Gasteiger partial charge in [-0.25, -0.2) is 4.98 Å². The van der Waals surface area contributed by atoms with Gasteiger partial charge in [-0.3, -0.25) is 9.78 Å². The van der Waals surface area contributed by atoms with Gasteiger partial charge in [0.25, 0.3) is 5.91 Å². The van der Waals surface area contributed by atoms with Crippen molar-refractivity contribution in [2.45, 2.75) is 0 Å². The van der Waals surface area contributed by atoms with Crippen LogP contribution in [-0.2, 0) is 0 Å². The van der Waals surface area contributed by atoms with Crippen molar-refractivity contribution in [3.8, 4) is 27.7 Å². The first-order valence-corrected chi connectivity index (χ1v) is 7.03. The number of nitrogens with zero attached hydrogens (tertiary/aromatic N) is 2. The lowest BCUT2D eigenvalue weighted by atomic mass is 10.1. The largest absolute Gasteiger partial charge is 0.507 e. The number of rotatable bonds is 3. The van der Waals surface area contributed by atoms with Crippen LogP contribution < -0.4 is 5.73 Å². The lowest BCUT2D eigenvalue weighted by Crippen LogP contribution is -2.11. The van der Waals surface area contributed by atoms with Crippen LogP contribution in [0.4, 0.5) is 0 Å². The zero-order valence-electron chi connectivity index (χ0n) is 10.9. The number of amides is 1. The molecule has 3 N–H and O–H groups in total. The maximum absolute atomic E-state index is 11.3. The van der Waals surface area contributed by atoms with E-state index in [1.165, 1.54) is 23.5 Å². The smallest absolute Gasteiger partial charge is 0.252 e. The van der Waals surface area contributed by atoms with Gasteiger partial charge in [-0.2, -0.15) is 0 Å². The molecule has 21 heavy (non-hydrogen) atoms. The average Bonchev–Trinajstić information content (AvgIpc) is 2.98. The zero-order valence-corrected chi connectivity index (χ0v) is 11.7. The number of benzene rings is 1. The summed E-state index contributed by atoms with van der Waals surface area (Å²) in [6.07, 6.45) is 1.71. The summed E-state index contributed by atoms with van der Waals surface area (Å²) in [6, 6.07) is 10.3. The first kappa shape index (κ1) is 13.3. The molecule has 0 saturated carbocycles. The van der Waals surface area contributed by atoms with Gasteiger partial charge in [0.15, 0.2) is 0 Å². The van der Waals surface area contributed by atoms with E-state index in [0.717, 1.165) is 16.3 Å². The molecule has 0 aliphatic carbocycles. The fourth-order valence-corrected chi connectivity index (χ4v) is 2.71. The van der Waals surface area contributed by atoms with E-state index in [9.17, 15) is 9.90 Å². The van der Waals surface area contributed by atoms with E-state index in [1.54, 1.807) is 12.3 Å². The molecule has 3 rings (SSSR count). The van der Waals surface area contributed by atoms with Crippen molar-refractivity contribution < 1.29 is 9.90 Å². The highest BCUT2D eigenvalue weighted by atomic mass is 32.1. The number of aromatic nitrogens is 2. The third-order valence-electron chi connectivity index (χ3n) is 2.95. The highest BCUT2D eigenvalue weighted by Crippen LogP contribution is 2.30. The van der Waals surface area contributed by atoms with Crippen molar-refractivity contribution in [3.05, 3.63) is 53.5 Å². The molecule has 0 aliphatic heterocycles. The highest BCUT2D eigenvalue weighted by molar-refractivity contribution is 7.13. The molecule has 0 saturated heterocycles. The lowest BCUT2D eigenvalue weighted by molar-refractivity contribution is 0.0998. The summed E-state index contributed by atoms with van der Waals surface area (Å²) in [5, 5.41) is 12.3. The van der Waals surface area contributed by atoms with Crippen LogP contribution in [0.2, 0.25) is 0 Å². The predicted molar refractivity (Wildman–Crippen MR) is 81.0 cm³/mol. The van der Waals surface area contributed by atoms with Crippen molar-refractivity contribution in [3.63, 3.8) is 0 Å². The fourth-order valence-electron chi connectivity index (χ4n) is 1.91. The Bertz CT molecular complexity index is 800. The van der Waals surface area contributed by atoms with Crippen LogP contribution in [-0.4, -0.2) is 21.0 Å². The normalized spacial score (nSPS) is 10.5. The molecule has 2 heterocycles. The van der Waals surface area contributed by atoms with Crippen LogP contribution in [0.3, 0.4) is 0 Å². The zero-order chi connectivity index (χ0) is 14.8. The summed E-state index contributed by atoms with van der Waals surface area (Å²) >= 11 is 1.46. The van der Waals surface area contributed by atoms with Gasteiger partial charge < -0.3 is 10.8 Å². The van der Waals surface area contributed by atoms with Crippen LogP contribution in [0.1, 0.15) is 10.4 Å². The number of hydrogen-bond acceptors (Lipinski definition) is 5. The van der Waals surface area contributed by atoms with E-state index in [-0.39, 0.29) is 11.3 Å². The van der Waals surface area contributed by atoms with Gasteiger partial charge in [0.05, 0.1) is 17.0 Å². The SMILES string of the molecule is NC(=O)c1cc(-c2csc(-c3ccccn3)n2)ccc1O. The Balaban J connectivity index is 2.01. The van der Waals surface area contributed by atoms with Gasteiger partial charge in [-0.15, -0.1) is 11.3 Å². The fraction of sp³-hybridized carbons (Fsp3) is 0. The number of nitrogens with two attached hydrogens (primary N) is 1. The minimum atomic E-state index is -0.672. The summed E-state index contributed by atoms with van der Waals surface area (Å²) in [6.45, 7) is 0. The molecule has 0 spiro atoms. The van der Waals surface area contributed by atoms with E-state index >= 15 is 0 Å². The number of primary amides is 1. The standard InChI is InChI=1S/C15H11N3O2S/c16-14(20)10-7-9(4-5-13(10)19)12-8-21-15(18-12)11-3-1-2-6-17-11/h1-8,19H,(H2,16,20). The molecule has 104 valence electrons. The Kier molecular flexibility index (Phi) is 3.37. The Morgan fingerprint density at radius 2 is 2.05 bits per heavy atom. The van der Waals surface area contributed by atoms with Crippen LogP contribution in [0.15, 0.2) is 48.0 Å². The molecule has 5 nitrogen and oxygen atoms in total. The van der Waals surface area contributed by atoms with Crippen LogP contribution >= 0.6 is 11.3 Å². The van der Waals surface area contributed by atoms with E-state index in [1.807, 2.05) is 23.6 Å². The number of thiazole rings is 1. The molecule has 3 aromatic rings. The van der Waals surface area contributed by atoms with Crippen molar-refractivity contribution in [2.24, 2.45) is 5.73 Å². The monoisotopic (exact) mass is 297 g/mol. The first-order valence-electron chi connectivity index (χ1n) is 6.15. The van der Waals surface area contributed by atoms with E-state index < -0.39 is 5.91 Å². The number of pyridine rings is 1. The van der Waals surface area contributed by atoms with Crippen LogP contribution in [0, 0.1) is 0 Å². The molecule has 2 aromatic heterocycles. The van der Waals surface area contributed by atoms with Crippen molar-refractivity contribution in [1.82, 2.24) is 9.97 Å². The van der Waals surface area contributed by atoms with Crippen LogP contribution in [0.5, 0.6) is 5.75 Å². The number of aromatic hydroxyl groups is 1. The highest BCUT2D eigenvalue weighted by Gasteiger charge is 2.12. The minimum absolute atomic E-state index is 0.0832. The second-order valence-corrected chi connectivity index (χ2v) is 5.21. The molecule has 0 radical (unpaired) electrons. The molecule has 0 bridgehead atoms. The summed E-state index contributed by atoms with van der Waals surface area (Å²) < 4.78 is 0. The quantitative estimate of drug-likeness (QED) is 0.777. The minimum Gasteiger partial charge on any atom is -0.507 e. The van der Waals surface area contributed by atoms with Crippen molar-refractivity contribution in [1.29, 1.82) is 0 Å². The Morgan fingerprint density at radius 3 is 2.76 bits per heavy atom. The molecule has 1 aromatic carbocycles. The average molecular weight is 297 g/mol. The van der Waals surface area contributed by atoms with Gasteiger partial charge in [0.1, 0.15) is 10.8 Å². The topological polar surface area (TPSA) is 89.1 Å². The molecule has 0 unspecified atom stereocenters. The lowest BCUT2D eigenvalue weighted by Gasteiger charge is -2.02. The number of carbonyl (C=O) groups is 1. The summed E-state index contributed by atoms with van der Waals surface area (Å²) in [4.78, 5) is 20.0. The molecule has 6 heteroatoms. The molecule has 0 aliphatic rings. The number of phenols is 1. The second-order valence-electron chi connectivity index (χ2n) is 4.35. The molecular weight excluding hydrogens is 286 g/mol. The van der Waals surface area contributed by atoms with Gasteiger partial charge in [-0.1, -0.05) is 6.07 Å². The number of carbonyl (C=O) groups excluding carboxylic acids is 1. The van der Waals surface area contributed by atoms with Crippen molar-refractivity contribution >= 4 is 17.2 Å². The first-order chi connectivity index (χ1) is 10.1. The third kappa shape index (κ3) is 2.61. The summed E-state index contributed by atoms with van der Waals surface area (Å²) in [7, 11) is 0. The second kappa shape index (κ2) is 5.34. The molecule has 0 atom stereocenters. The van der Waals surface area contributed by atoms with E-state index in [4.69, 9.17) is 5.73 Å². The Morgan fingerprint density at radius 1 is 1.19 bits per heavy atom. The maximum Gasteiger partial charge on any atom is 0.252 e. The maximum atomic E-state index is 11.3. The van der Waals surface area contributed by atoms with Crippen LogP contribution in [0.25, 0.3) is 22.0 Å². The van der Waals surface area contributed by atoms with E-state index in [2.05, 4.69) is 9.97 Å². The predicted octanol–water partition coefficient (Wildman–Crippen LogP) is 2.68. The summed E-state index contributed by atoms with van der Waals surface area (Å²) in [5.74, 6) is -0.805. The van der Waals surface area contributed by atoms with Crippen molar-refractivity contribution in [2.75, 3.05) is 0 Å². The third-order valence-corrected chi connectivity index (χ3v) is 3.81. The van der Waals surface area contributed by atoms with Gasteiger partial charge in [0, 0.05) is 17.1 Å².